The molecule has 1 atom stereocenters. The zero-order valence-electron chi connectivity index (χ0n) is 23.7. The number of alkyl halides is 3. The van der Waals surface area contributed by atoms with E-state index in [0.717, 1.165) is 12.1 Å². The van der Waals surface area contributed by atoms with Crippen molar-refractivity contribution in [2.75, 3.05) is 11.9 Å². The van der Waals surface area contributed by atoms with E-state index in [9.17, 15) is 32.7 Å². The normalized spacial score (nSPS) is 11.7. The van der Waals surface area contributed by atoms with Crippen LogP contribution >= 0.6 is 0 Å². The minimum absolute atomic E-state index is 0.0207. The first-order valence-electron chi connectivity index (χ1n) is 13.1. The summed E-state index contributed by atoms with van der Waals surface area (Å²) in [6.45, 7) is 5.60. The number of rotatable bonds is 11. The van der Waals surface area contributed by atoms with Crippen molar-refractivity contribution in [3.05, 3.63) is 77.4 Å². The molecule has 3 aromatic carbocycles. The molecule has 2 amide bonds. The smallest absolute Gasteiger partial charge is 0.491 e. The molecule has 15 heteroatoms. The van der Waals surface area contributed by atoms with Crippen molar-refractivity contribution in [3.63, 3.8) is 0 Å². The summed E-state index contributed by atoms with van der Waals surface area (Å²) in [5.41, 5.74) is 9.71. The number of carbonyl (C=O) groups is 3. The van der Waals surface area contributed by atoms with Crippen LogP contribution in [0.2, 0.25) is 0 Å². The number of aromatic hydroxyl groups is 1. The van der Waals surface area contributed by atoms with E-state index in [2.05, 4.69) is 20.9 Å². The third-order valence-electron chi connectivity index (χ3n) is 5.69. The Bertz CT molecular complexity index is 1550. The number of halogens is 3. The summed E-state index contributed by atoms with van der Waals surface area (Å²) in [7, 11) is 0. The summed E-state index contributed by atoms with van der Waals surface area (Å²) in [5, 5.41) is 20.4. The van der Waals surface area contributed by atoms with Gasteiger partial charge in [-0.25, -0.2) is 4.79 Å². The SMILES string of the molecule is CCOc1cc(C(Nc2ccc(C(=N)N)c(OC(=O)C(F)(F)F)c2)C(=O)NNC(=O)c2ccccc2O)ccc1OC(C)C. The van der Waals surface area contributed by atoms with E-state index in [1.165, 1.54) is 42.5 Å². The number of nitrogens with one attached hydrogen (secondary N) is 4. The minimum atomic E-state index is -5.33. The highest BCUT2D eigenvalue weighted by atomic mass is 19.4. The van der Waals surface area contributed by atoms with Crippen LogP contribution in [0.4, 0.5) is 18.9 Å². The number of hydrazine groups is 1. The second-order valence-electron chi connectivity index (χ2n) is 9.36. The number of hydrogen-bond acceptors (Lipinski definition) is 9. The fourth-order valence-electron chi connectivity index (χ4n) is 3.79. The molecule has 0 heterocycles. The first kappa shape index (κ1) is 33.0. The van der Waals surface area contributed by atoms with Crippen molar-refractivity contribution in [1.82, 2.24) is 10.9 Å². The minimum Gasteiger partial charge on any atom is -0.507 e. The summed E-state index contributed by atoms with van der Waals surface area (Å²) >= 11 is 0. The van der Waals surface area contributed by atoms with Gasteiger partial charge in [-0.1, -0.05) is 18.2 Å². The number of phenolic OH excluding ortho intramolecular Hbond substituents is 1. The average molecular weight is 618 g/mol. The third-order valence-corrected chi connectivity index (χ3v) is 5.69. The van der Waals surface area contributed by atoms with Crippen LogP contribution in [0.5, 0.6) is 23.0 Å². The van der Waals surface area contributed by atoms with Crippen LogP contribution in [0.3, 0.4) is 0 Å². The molecule has 1 unspecified atom stereocenters. The average Bonchev–Trinajstić information content (AvgIpc) is 2.95. The fraction of sp³-hybridized carbons (Fsp3) is 0.241. The highest BCUT2D eigenvalue weighted by molar-refractivity contribution is 6.00. The number of nitrogen functional groups attached to an aromatic ring is 1. The monoisotopic (exact) mass is 617 g/mol. The Hall–Kier alpha value is -5.47. The predicted octanol–water partition coefficient (Wildman–Crippen LogP) is 3.94. The van der Waals surface area contributed by atoms with Gasteiger partial charge in [-0.15, -0.1) is 0 Å². The van der Waals surface area contributed by atoms with Gasteiger partial charge in [0, 0.05) is 11.8 Å². The molecule has 0 bridgehead atoms. The molecule has 3 aromatic rings. The summed E-state index contributed by atoms with van der Waals surface area (Å²) < 4.78 is 54.7. The Morgan fingerprint density at radius 2 is 1.66 bits per heavy atom. The first-order chi connectivity index (χ1) is 20.7. The van der Waals surface area contributed by atoms with E-state index in [4.69, 9.17) is 20.6 Å². The number of ether oxygens (including phenoxy) is 3. The van der Waals surface area contributed by atoms with Gasteiger partial charge >= 0.3 is 12.1 Å². The summed E-state index contributed by atoms with van der Waals surface area (Å²) in [4.78, 5) is 37.6. The van der Waals surface area contributed by atoms with Crippen LogP contribution in [-0.4, -0.2) is 47.6 Å². The summed E-state index contributed by atoms with van der Waals surface area (Å²) in [6.07, 6.45) is -5.54. The Morgan fingerprint density at radius 3 is 2.27 bits per heavy atom. The molecule has 3 rings (SSSR count). The topological polar surface area (TPSA) is 185 Å². The van der Waals surface area contributed by atoms with Crippen LogP contribution in [0, 0.1) is 5.41 Å². The quantitative estimate of drug-likeness (QED) is 0.0610. The van der Waals surface area contributed by atoms with Crippen molar-refractivity contribution >= 4 is 29.3 Å². The lowest BCUT2D eigenvalue weighted by molar-refractivity contribution is -0.189. The van der Waals surface area contributed by atoms with Gasteiger partial charge in [0.25, 0.3) is 11.8 Å². The van der Waals surface area contributed by atoms with Crippen LogP contribution in [0.1, 0.15) is 48.3 Å². The second-order valence-corrected chi connectivity index (χ2v) is 9.36. The van der Waals surface area contributed by atoms with Crippen LogP contribution in [0.25, 0.3) is 0 Å². The van der Waals surface area contributed by atoms with Gasteiger partial charge in [-0.2, -0.15) is 13.2 Å². The van der Waals surface area contributed by atoms with E-state index in [0.29, 0.717) is 5.75 Å². The largest absolute Gasteiger partial charge is 0.507 e. The molecule has 0 aliphatic rings. The number of amidine groups is 1. The van der Waals surface area contributed by atoms with E-state index >= 15 is 0 Å². The maximum atomic E-state index is 13.5. The Balaban J connectivity index is 2.01. The van der Waals surface area contributed by atoms with Gasteiger partial charge in [0.15, 0.2) is 11.5 Å². The molecule has 0 aliphatic carbocycles. The summed E-state index contributed by atoms with van der Waals surface area (Å²) in [5.74, 6) is -5.26. The predicted molar refractivity (Wildman–Crippen MR) is 153 cm³/mol. The number of nitrogens with two attached hydrogens (primary N) is 1. The van der Waals surface area contributed by atoms with Crippen molar-refractivity contribution in [2.45, 2.75) is 39.1 Å². The first-order valence-corrected chi connectivity index (χ1v) is 13.1. The number of anilines is 1. The van der Waals surface area contributed by atoms with Gasteiger partial charge in [-0.3, -0.25) is 25.8 Å². The molecule has 0 saturated heterocycles. The Labute approximate surface area is 249 Å². The standard InChI is InChI=1S/C29H30F3N5O7/c1-4-42-23-13-16(9-12-21(23)43-15(2)3)24(27(40)37-36-26(39)18-7-5-6-8-20(18)38)35-17-10-11-19(25(33)34)22(14-17)44-28(41)29(30,31)32/h5-15,24,35,38H,4H2,1-3H3,(H3,33,34)(H,36,39)(H,37,40). The molecule has 234 valence electrons. The zero-order valence-corrected chi connectivity index (χ0v) is 23.7. The van der Waals surface area contributed by atoms with Gasteiger partial charge in [0.05, 0.1) is 23.8 Å². The molecule has 0 aromatic heterocycles. The zero-order chi connectivity index (χ0) is 32.6. The molecular formula is C29H30F3N5O7. The number of hydrogen-bond donors (Lipinski definition) is 6. The lowest BCUT2D eigenvalue weighted by atomic mass is 10.0. The van der Waals surface area contributed by atoms with Gasteiger partial charge in [0.1, 0.15) is 23.4 Å². The molecule has 0 aliphatic heterocycles. The van der Waals surface area contributed by atoms with Crippen molar-refractivity contribution in [2.24, 2.45) is 5.73 Å². The fourth-order valence-corrected chi connectivity index (χ4v) is 3.79. The molecule has 0 fully saturated rings. The van der Waals surface area contributed by atoms with E-state index in [-0.39, 0.29) is 46.6 Å². The Morgan fingerprint density at radius 1 is 0.955 bits per heavy atom. The number of para-hydroxylation sites is 1. The molecule has 0 saturated carbocycles. The highest BCUT2D eigenvalue weighted by Crippen LogP contribution is 2.34. The van der Waals surface area contributed by atoms with Crippen LogP contribution < -0.4 is 36.1 Å². The maximum Gasteiger partial charge on any atom is 0.491 e. The maximum absolute atomic E-state index is 13.5. The van der Waals surface area contributed by atoms with Gasteiger partial charge in [-0.05, 0) is 62.7 Å². The molecule has 0 radical (unpaired) electrons. The van der Waals surface area contributed by atoms with Gasteiger partial charge < -0.3 is 30.4 Å². The van der Waals surface area contributed by atoms with E-state index < -0.39 is 41.6 Å². The number of phenols is 1. The van der Waals surface area contributed by atoms with E-state index in [1.807, 2.05) is 13.8 Å². The molecule has 0 spiro atoms. The molecule has 44 heavy (non-hydrogen) atoms. The highest BCUT2D eigenvalue weighted by Gasteiger charge is 2.42. The number of esters is 1. The van der Waals surface area contributed by atoms with Gasteiger partial charge in [0.2, 0.25) is 0 Å². The molecular weight excluding hydrogens is 587 g/mol. The Kier molecular flexibility index (Phi) is 10.6. The van der Waals surface area contributed by atoms with Crippen molar-refractivity contribution in [1.29, 1.82) is 5.41 Å². The van der Waals surface area contributed by atoms with Crippen LogP contribution in [0.15, 0.2) is 60.7 Å². The number of carbonyl (C=O) groups excluding carboxylic acids is 3. The third kappa shape index (κ3) is 8.53. The number of amides is 2. The second kappa shape index (κ2) is 14.1. The lowest BCUT2D eigenvalue weighted by Gasteiger charge is -2.23. The lowest BCUT2D eigenvalue weighted by Crippen LogP contribution is -2.45. The van der Waals surface area contributed by atoms with E-state index in [1.54, 1.807) is 13.0 Å². The number of benzene rings is 3. The molecule has 12 nitrogen and oxygen atoms in total. The van der Waals surface area contributed by atoms with Crippen LogP contribution in [-0.2, 0) is 9.59 Å². The summed E-state index contributed by atoms with van der Waals surface area (Å²) in [6, 6.07) is 12.2. The molecule has 7 N–H and O–H groups in total. The van der Waals surface area contributed by atoms with Crippen molar-refractivity contribution in [3.8, 4) is 23.0 Å². The van der Waals surface area contributed by atoms with Crippen molar-refractivity contribution < 1.29 is 46.9 Å².